The molecule has 1 aromatic heterocycles. The van der Waals surface area contributed by atoms with E-state index in [-0.39, 0.29) is 17.3 Å². The van der Waals surface area contributed by atoms with Crippen LogP contribution in [-0.4, -0.2) is 23.5 Å². The van der Waals surface area contributed by atoms with Gasteiger partial charge in [-0.25, -0.2) is 4.98 Å². The third-order valence-corrected chi connectivity index (χ3v) is 4.06. The van der Waals surface area contributed by atoms with Crippen molar-refractivity contribution in [3.05, 3.63) is 56.7 Å². The fourth-order valence-corrected chi connectivity index (χ4v) is 2.42. The molecule has 8 heteroatoms. The molecule has 2 rings (SSSR count). The predicted molar refractivity (Wildman–Crippen MR) is 93.7 cm³/mol. The Labute approximate surface area is 153 Å². The van der Waals surface area contributed by atoms with Crippen LogP contribution in [0, 0.1) is 6.92 Å². The van der Waals surface area contributed by atoms with E-state index in [1.165, 1.54) is 6.07 Å². The molecule has 0 aliphatic heterocycles. The summed E-state index contributed by atoms with van der Waals surface area (Å²) in [6, 6.07) is 8.38. The van der Waals surface area contributed by atoms with E-state index < -0.39 is 18.5 Å². The van der Waals surface area contributed by atoms with Crippen molar-refractivity contribution in [1.82, 2.24) is 4.98 Å². The Bertz CT molecular complexity index is 781. The minimum absolute atomic E-state index is 0.0218. The van der Waals surface area contributed by atoms with Crippen LogP contribution < -0.4 is 5.32 Å². The number of anilines is 1. The first kappa shape index (κ1) is 18.5. The summed E-state index contributed by atoms with van der Waals surface area (Å²) in [6.07, 6.45) is -0.0218. The van der Waals surface area contributed by atoms with Gasteiger partial charge in [-0.3, -0.25) is 9.59 Å². The number of aryl methyl sites for hydroxylation is 1. The molecule has 1 N–H and O–H groups in total. The van der Waals surface area contributed by atoms with Gasteiger partial charge in [0.25, 0.3) is 5.91 Å². The molecular weight excluding hydrogens is 375 g/mol. The predicted octanol–water partition coefficient (Wildman–Crippen LogP) is 4.07. The monoisotopic (exact) mass is 386 g/mol. The maximum absolute atomic E-state index is 11.8. The zero-order valence-electron chi connectivity index (χ0n) is 12.6. The number of hydrogen-bond donors (Lipinski definition) is 1. The van der Waals surface area contributed by atoms with Crippen LogP contribution in [0.1, 0.15) is 11.3 Å². The summed E-state index contributed by atoms with van der Waals surface area (Å²) < 4.78 is 4.92. The number of halogens is 3. The average Bonchev–Trinajstić information content (AvgIpc) is 2.53. The van der Waals surface area contributed by atoms with Crippen LogP contribution >= 0.6 is 34.8 Å². The van der Waals surface area contributed by atoms with Crippen LogP contribution in [0.25, 0.3) is 0 Å². The summed E-state index contributed by atoms with van der Waals surface area (Å²) in [4.78, 5) is 27.7. The first-order valence-electron chi connectivity index (χ1n) is 6.88. The number of benzene rings is 1. The van der Waals surface area contributed by atoms with Gasteiger partial charge >= 0.3 is 5.97 Å². The quantitative estimate of drug-likeness (QED) is 0.785. The van der Waals surface area contributed by atoms with Gasteiger partial charge in [-0.1, -0.05) is 53.0 Å². The number of aromatic nitrogens is 1. The number of amides is 1. The number of esters is 1. The van der Waals surface area contributed by atoms with E-state index in [2.05, 4.69) is 10.3 Å². The standard InChI is InChI=1S/C16H13Cl3N2O3/c1-9-12(18)7-13(19)16(20-9)21-14(22)8-24-15(23)6-10-4-2-3-5-11(10)17/h2-5,7H,6,8H2,1H3,(H,20,21,22). The summed E-state index contributed by atoms with van der Waals surface area (Å²) in [5.74, 6) is -0.964. The summed E-state index contributed by atoms with van der Waals surface area (Å²) in [6.45, 7) is 1.22. The van der Waals surface area contributed by atoms with Crippen molar-refractivity contribution < 1.29 is 14.3 Å². The molecule has 0 unspecified atom stereocenters. The molecule has 1 aromatic carbocycles. The van der Waals surface area contributed by atoms with E-state index in [0.717, 1.165) is 0 Å². The van der Waals surface area contributed by atoms with Gasteiger partial charge in [0.15, 0.2) is 12.4 Å². The maximum atomic E-state index is 11.8. The van der Waals surface area contributed by atoms with E-state index >= 15 is 0 Å². The van der Waals surface area contributed by atoms with Crippen molar-refractivity contribution in [2.24, 2.45) is 0 Å². The molecule has 5 nitrogen and oxygen atoms in total. The van der Waals surface area contributed by atoms with Gasteiger partial charge in [-0.05, 0) is 24.6 Å². The molecule has 2 aromatic rings. The summed E-state index contributed by atoms with van der Waals surface area (Å²) in [5.41, 5.74) is 1.15. The van der Waals surface area contributed by atoms with Crippen LogP contribution in [0.5, 0.6) is 0 Å². The molecular formula is C16H13Cl3N2O3. The fraction of sp³-hybridized carbons (Fsp3) is 0.188. The van der Waals surface area contributed by atoms with Crippen molar-refractivity contribution >= 4 is 52.5 Å². The van der Waals surface area contributed by atoms with Crippen LogP contribution in [0.15, 0.2) is 30.3 Å². The summed E-state index contributed by atoms with van der Waals surface area (Å²) in [7, 11) is 0. The number of nitrogens with one attached hydrogen (secondary N) is 1. The molecule has 0 saturated carbocycles. The minimum Gasteiger partial charge on any atom is -0.455 e. The SMILES string of the molecule is Cc1nc(NC(=O)COC(=O)Cc2ccccc2Cl)c(Cl)cc1Cl. The van der Waals surface area contributed by atoms with Gasteiger partial charge in [-0.2, -0.15) is 0 Å². The Morgan fingerprint density at radius 2 is 1.83 bits per heavy atom. The lowest BCUT2D eigenvalue weighted by Crippen LogP contribution is -2.22. The van der Waals surface area contributed by atoms with Crippen LogP contribution in [0.3, 0.4) is 0 Å². The lowest BCUT2D eigenvalue weighted by atomic mass is 10.1. The second kappa shape index (κ2) is 8.33. The molecule has 0 fully saturated rings. The maximum Gasteiger partial charge on any atom is 0.310 e. The zero-order valence-corrected chi connectivity index (χ0v) is 14.9. The van der Waals surface area contributed by atoms with Crippen molar-refractivity contribution in [1.29, 1.82) is 0 Å². The highest BCUT2D eigenvalue weighted by Crippen LogP contribution is 2.25. The van der Waals surface area contributed by atoms with Gasteiger partial charge in [0.2, 0.25) is 0 Å². The molecule has 0 spiro atoms. The Kier molecular flexibility index (Phi) is 6.43. The average molecular weight is 388 g/mol. The largest absolute Gasteiger partial charge is 0.455 e. The van der Waals surface area contributed by atoms with E-state index in [4.69, 9.17) is 39.5 Å². The third kappa shape index (κ3) is 5.09. The molecule has 24 heavy (non-hydrogen) atoms. The molecule has 1 amide bonds. The number of hydrogen-bond acceptors (Lipinski definition) is 4. The Balaban J connectivity index is 1.88. The van der Waals surface area contributed by atoms with E-state index in [1.54, 1.807) is 31.2 Å². The number of pyridine rings is 1. The molecule has 0 atom stereocenters. The topological polar surface area (TPSA) is 68.3 Å². The Morgan fingerprint density at radius 3 is 2.54 bits per heavy atom. The molecule has 0 radical (unpaired) electrons. The lowest BCUT2D eigenvalue weighted by molar-refractivity contribution is -0.146. The first-order chi connectivity index (χ1) is 11.4. The highest BCUT2D eigenvalue weighted by molar-refractivity contribution is 6.36. The smallest absolute Gasteiger partial charge is 0.310 e. The highest BCUT2D eigenvalue weighted by atomic mass is 35.5. The second-order valence-corrected chi connectivity index (χ2v) is 6.08. The number of ether oxygens (including phenoxy) is 1. The lowest BCUT2D eigenvalue weighted by Gasteiger charge is -2.09. The van der Waals surface area contributed by atoms with Gasteiger partial charge in [0.05, 0.1) is 22.2 Å². The van der Waals surface area contributed by atoms with Crippen molar-refractivity contribution in [2.45, 2.75) is 13.3 Å². The molecule has 126 valence electrons. The van der Waals surface area contributed by atoms with Crippen molar-refractivity contribution in [3.8, 4) is 0 Å². The molecule has 0 aliphatic carbocycles. The minimum atomic E-state index is -0.565. The second-order valence-electron chi connectivity index (χ2n) is 4.86. The number of carbonyl (C=O) groups excluding carboxylic acids is 2. The highest BCUT2D eigenvalue weighted by Gasteiger charge is 2.13. The van der Waals surface area contributed by atoms with E-state index in [9.17, 15) is 9.59 Å². The third-order valence-electron chi connectivity index (χ3n) is 3.02. The van der Waals surface area contributed by atoms with E-state index in [1.807, 2.05) is 0 Å². The summed E-state index contributed by atoms with van der Waals surface area (Å²) in [5, 5.41) is 3.52. The zero-order chi connectivity index (χ0) is 17.7. The Hall–Kier alpha value is -1.82. The number of rotatable bonds is 5. The van der Waals surface area contributed by atoms with Crippen molar-refractivity contribution in [3.63, 3.8) is 0 Å². The van der Waals surface area contributed by atoms with Gasteiger partial charge in [-0.15, -0.1) is 0 Å². The van der Waals surface area contributed by atoms with Crippen LogP contribution in [-0.2, 0) is 20.7 Å². The van der Waals surface area contributed by atoms with Crippen molar-refractivity contribution in [2.75, 3.05) is 11.9 Å². The molecule has 0 bridgehead atoms. The van der Waals surface area contributed by atoms with Crippen LogP contribution in [0.2, 0.25) is 15.1 Å². The molecule has 1 heterocycles. The first-order valence-corrected chi connectivity index (χ1v) is 8.01. The van der Waals surface area contributed by atoms with Gasteiger partial charge in [0.1, 0.15) is 0 Å². The van der Waals surface area contributed by atoms with E-state index in [0.29, 0.717) is 21.3 Å². The molecule has 0 saturated heterocycles. The van der Waals surface area contributed by atoms with Gasteiger partial charge < -0.3 is 10.1 Å². The Morgan fingerprint density at radius 1 is 1.12 bits per heavy atom. The summed E-state index contributed by atoms with van der Waals surface area (Å²) >= 11 is 17.8. The van der Waals surface area contributed by atoms with Gasteiger partial charge in [0, 0.05) is 5.02 Å². The van der Waals surface area contributed by atoms with Crippen LogP contribution in [0.4, 0.5) is 5.82 Å². The molecule has 0 aliphatic rings. The number of nitrogens with zero attached hydrogens (tertiary/aromatic N) is 1. The number of carbonyl (C=O) groups is 2. The normalized spacial score (nSPS) is 10.3. The fourth-order valence-electron chi connectivity index (χ4n) is 1.81.